The van der Waals surface area contributed by atoms with Crippen molar-refractivity contribution in [2.75, 3.05) is 7.11 Å². The van der Waals surface area contributed by atoms with E-state index in [4.69, 9.17) is 14.5 Å². The number of benzene rings is 4. The lowest BCUT2D eigenvalue weighted by Crippen LogP contribution is -2.38. The maximum absolute atomic E-state index is 14.2. The van der Waals surface area contributed by atoms with Crippen LogP contribution >= 0.6 is 43.2 Å². The lowest BCUT2D eigenvalue weighted by atomic mass is 9.83. The van der Waals surface area contributed by atoms with Crippen molar-refractivity contribution in [2.24, 2.45) is 4.99 Å². The summed E-state index contributed by atoms with van der Waals surface area (Å²) in [5, 5.41) is 11.0. The van der Waals surface area contributed by atoms with Crippen LogP contribution in [0.1, 0.15) is 40.3 Å². The SMILES string of the molecule is COc1cccc(C2C3=C(N=c4sc(=Cc5cc(Br)c(OCc6ccc([N+](=O)[O-])cc6)c(Br)c5)c(=O)n42)c2ccccc2CC3)c1. The number of allylic oxidation sites excluding steroid dienone is 1. The largest absolute Gasteiger partial charge is 0.497 e. The smallest absolute Gasteiger partial charge is 0.271 e. The highest BCUT2D eigenvalue weighted by atomic mass is 79.9. The second-order valence-corrected chi connectivity index (χ2v) is 13.6. The Morgan fingerprint density at radius 3 is 2.52 bits per heavy atom. The minimum absolute atomic E-state index is 0.0283. The highest BCUT2D eigenvalue weighted by Crippen LogP contribution is 2.42. The Morgan fingerprint density at radius 1 is 1.02 bits per heavy atom. The molecule has 0 bridgehead atoms. The van der Waals surface area contributed by atoms with Gasteiger partial charge in [0.1, 0.15) is 18.1 Å². The van der Waals surface area contributed by atoms with E-state index >= 15 is 0 Å². The molecule has 2 heterocycles. The van der Waals surface area contributed by atoms with Gasteiger partial charge in [-0.1, -0.05) is 47.7 Å². The van der Waals surface area contributed by atoms with Crippen LogP contribution in [0, 0.1) is 10.1 Å². The molecule has 0 saturated carbocycles. The van der Waals surface area contributed by atoms with Crippen molar-refractivity contribution in [3.05, 3.63) is 157 Å². The molecule has 7 rings (SSSR count). The third-order valence-electron chi connectivity index (χ3n) is 8.13. The molecule has 11 heteroatoms. The van der Waals surface area contributed by atoms with Crippen LogP contribution in [-0.4, -0.2) is 16.6 Å². The number of hydrogen-bond acceptors (Lipinski definition) is 7. The topological polar surface area (TPSA) is 96.0 Å². The van der Waals surface area contributed by atoms with Crippen molar-refractivity contribution in [3.8, 4) is 11.5 Å². The van der Waals surface area contributed by atoms with Crippen molar-refractivity contribution >= 4 is 60.7 Å². The number of nitro groups is 1. The minimum Gasteiger partial charge on any atom is -0.497 e. The zero-order chi connectivity index (χ0) is 31.9. The van der Waals surface area contributed by atoms with Gasteiger partial charge in [-0.25, -0.2) is 4.99 Å². The highest BCUT2D eigenvalue weighted by Gasteiger charge is 2.32. The van der Waals surface area contributed by atoms with Gasteiger partial charge in [-0.3, -0.25) is 19.5 Å². The maximum Gasteiger partial charge on any atom is 0.271 e. The number of methoxy groups -OCH3 is 1. The molecule has 0 saturated heterocycles. The second-order valence-electron chi connectivity index (χ2n) is 10.9. The molecule has 0 fully saturated rings. The molecule has 230 valence electrons. The lowest BCUT2D eigenvalue weighted by molar-refractivity contribution is -0.384. The first kappa shape index (κ1) is 30.3. The predicted octanol–water partition coefficient (Wildman–Crippen LogP) is 7.34. The molecular formula is C35H25Br2N3O5S. The number of nitro benzene ring substituents is 1. The van der Waals surface area contributed by atoms with Gasteiger partial charge in [-0.05, 0) is 115 Å². The van der Waals surface area contributed by atoms with Crippen molar-refractivity contribution in [3.63, 3.8) is 0 Å². The van der Waals surface area contributed by atoms with E-state index in [1.165, 1.54) is 29.0 Å². The second kappa shape index (κ2) is 12.5. The van der Waals surface area contributed by atoms with Crippen LogP contribution in [0.5, 0.6) is 11.5 Å². The van der Waals surface area contributed by atoms with Crippen LogP contribution in [-0.2, 0) is 13.0 Å². The molecule has 5 aromatic rings. The van der Waals surface area contributed by atoms with Crippen LogP contribution in [0.4, 0.5) is 5.69 Å². The van der Waals surface area contributed by atoms with Crippen molar-refractivity contribution in [1.29, 1.82) is 0 Å². The van der Waals surface area contributed by atoms with Crippen LogP contribution in [0.3, 0.4) is 0 Å². The fourth-order valence-electron chi connectivity index (χ4n) is 5.96. The van der Waals surface area contributed by atoms with Gasteiger partial charge in [0.15, 0.2) is 4.80 Å². The predicted molar refractivity (Wildman–Crippen MR) is 185 cm³/mol. The summed E-state index contributed by atoms with van der Waals surface area (Å²) in [6.07, 6.45) is 3.57. The molecule has 0 N–H and O–H groups in total. The highest BCUT2D eigenvalue weighted by molar-refractivity contribution is 9.11. The first-order chi connectivity index (χ1) is 22.3. The number of rotatable bonds is 7. The molecule has 0 spiro atoms. The number of halogens is 2. The fourth-order valence-corrected chi connectivity index (χ4v) is 8.41. The summed E-state index contributed by atoms with van der Waals surface area (Å²) in [5.74, 6) is 1.32. The Morgan fingerprint density at radius 2 is 1.78 bits per heavy atom. The van der Waals surface area contributed by atoms with Crippen molar-refractivity contribution in [2.45, 2.75) is 25.5 Å². The number of nitrogens with zero attached hydrogens (tertiary/aromatic N) is 3. The van der Waals surface area contributed by atoms with Crippen molar-refractivity contribution < 1.29 is 14.4 Å². The van der Waals surface area contributed by atoms with Gasteiger partial charge in [0.05, 0.1) is 37.2 Å². The zero-order valence-electron chi connectivity index (χ0n) is 24.4. The third kappa shape index (κ3) is 5.63. The summed E-state index contributed by atoms with van der Waals surface area (Å²) in [6.45, 7) is 0.227. The fraction of sp³-hybridized carbons (Fsp3) is 0.143. The summed E-state index contributed by atoms with van der Waals surface area (Å²) in [6, 6.07) is 26.0. The Hall–Kier alpha value is -4.32. The van der Waals surface area contributed by atoms with E-state index in [1.807, 2.05) is 53.1 Å². The molecule has 2 aliphatic rings. The van der Waals surface area contributed by atoms with E-state index in [-0.39, 0.29) is 23.9 Å². The number of hydrogen-bond donors (Lipinski definition) is 0. The van der Waals surface area contributed by atoms with Crippen LogP contribution in [0.25, 0.3) is 11.8 Å². The van der Waals surface area contributed by atoms with E-state index in [0.717, 1.165) is 52.1 Å². The first-order valence-electron chi connectivity index (χ1n) is 14.4. The summed E-state index contributed by atoms with van der Waals surface area (Å²) in [7, 11) is 1.65. The van der Waals surface area contributed by atoms with E-state index in [1.54, 1.807) is 19.2 Å². The molecule has 1 aliphatic carbocycles. The zero-order valence-corrected chi connectivity index (χ0v) is 28.4. The van der Waals surface area contributed by atoms with Gasteiger partial charge >= 0.3 is 0 Å². The van der Waals surface area contributed by atoms with Crippen LogP contribution in [0.2, 0.25) is 0 Å². The van der Waals surface area contributed by atoms with Gasteiger partial charge in [0.2, 0.25) is 0 Å². The van der Waals surface area contributed by atoms with E-state index in [2.05, 4.69) is 50.1 Å². The summed E-state index contributed by atoms with van der Waals surface area (Å²) in [4.78, 5) is 30.5. The molecule has 46 heavy (non-hydrogen) atoms. The molecule has 1 unspecified atom stereocenters. The number of aryl methyl sites for hydroxylation is 1. The van der Waals surface area contributed by atoms with Gasteiger partial charge in [-0.15, -0.1) is 0 Å². The molecule has 1 atom stereocenters. The van der Waals surface area contributed by atoms with Gasteiger partial charge in [-0.2, -0.15) is 0 Å². The van der Waals surface area contributed by atoms with Gasteiger partial charge in [0.25, 0.3) is 11.2 Å². The molecule has 1 aromatic heterocycles. The van der Waals surface area contributed by atoms with E-state index < -0.39 is 4.92 Å². The number of aromatic nitrogens is 1. The van der Waals surface area contributed by atoms with Gasteiger partial charge in [0, 0.05) is 17.7 Å². The Labute approximate surface area is 284 Å². The standard InChI is InChI=1S/C35H25Br2N3O5S/c1-44-25-7-4-6-23(18-25)32-27-14-11-22-5-2-3-8-26(22)31(27)38-35-39(32)34(41)30(46-35)17-21-15-28(36)33(29(37)16-21)45-19-20-9-12-24(13-10-20)40(42)43/h2-10,12-13,15-18,32H,11,14,19H2,1H3. The number of ether oxygens (including phenoxy) is 2. The molecular weight excluding hydrogens is 734 g/mol. The van der Waals surface area contributed by atoms with Crippen LogP contribution < -0.4 is 24.4 Å². The summed E-state index contributed by atoms with van der Waals surface area (Å²) in [5.41, 5.74) is 6.96. The van der Waals surface area contributed by atoms with Crippen LogP contribution in [0.15, 0.2) is 109 Å². The normalized spacial score (nSPS) is 15.5. The Bertz CT molecular complexity index is 2220. The summed E-state index contributed by atoms with van der Waals surface area (Å²) < 4.78 is 15.4. The van der Waals surface area contributed by atoms with E-state index in [0.29, 0.717) is 24.0 Å². The molecule has 1 aliphatic heterocycles. The molecule has 4 aromatic carbocycles. The maximum atomic E-state index is 14.2. The summed E-state index contributed by atoms with van der Waals surface area (Å²) >= 11 is 8.62. The molecule has 0 radical (unpaired) electrons. The molecule has 0 amide bonds. The Kier molecular flexibility index (Phi) is 8.22. The average molecular weight is 759 g/mol. The lowest BCUT2D eigenvalue weighted by Gasteiger charge is -2.31. The monoisotopic (exact) mass is 757 g/mol. The Balaban J connectivity index is 1.28. The third-order valence-corrected chi connectivity index (χ3v) is 10.3. The van der Waals surface area contributed by atoms with Crippen molar-refractivity contribution in [1.82, 2.24) is 4.57 Å². The quantitative estimate of drug-likeness (QED) is 0.128. The van der Waals surface area contributed by atoms with Gasteiger partial charge < -0.3 is 9.47 Å². The number of fused-ring (bicyclic) bond motifs is 3. The first-order valence-corrected chi connectivity index (χ1v) is 16.8. The molecule has 8 nitrogen and oxygen atoms in total. The minimum atomic E-state index is -0.431. The number of thiazole rings is 1. The number of non-ortho nitro benzene ring substituents is 1. The average Bonchev–Trinajstić information content (AvgIpc) is 3.37. The van der Waals surface area contributed by atoms with E-state index in [9.17, 15) is 14.9 Å².